The number of para-hydroxylation sites is 1. The monoisotopic (exact) mass is 441 g/mol. The van der Waals surface area contributed by atoms with Gasteiger partial charge < -0.3 is 14.5 Å². The number of anilines is 1. The second-order valence-electron chi connectivity index (χ2n) is 7.32. The topological polar surface area (TPSA) is 92.2 Å². The van der Waals surface area contributed by atoms with Crippen molar-refractivity contribution in [3.05, 3.63) is 46.6 Å². The van der Waals surface area contributed by atoms with Crippen LogP contribution in [0.4, 0.5) is 9.52 Å². The third kappa shape index (κ3) is 3.45. The van der Waals surface area contributed by atoms with Crippen molar-refractivity contribution in [2.45, 2.75) is 0 Å². The van der Waals surface area contributed by atoms with Crippen LogP contribution in [0, 0.1) is 5.82 Å². The molecule has 0 bridgehead atoms. The lowest BCUT2D eigenvalue weighted by Gasteiger charge is -2.32. The summed E-state index contributed by atoms with van der Waals surface area (Å²) in [5, 5.41) is 12.6. The maximum absolute atomic E-state index is 14.6. The van der Waals surface area contributed by atoms with Crippen LogP contribution >= 0.6 is 11.3 Å². The van der Waals surface area contributed by atoms with Gasteiger partial charge in [0.15, 0.2) is 10.9 Å². The summed E-state index contributed by atoms with van der Waals surface area (Å²) in [5.41, 5.74) is 0.969. The SMILES string of the molecule is COc1cccc(F)c1-n1nc2c(-c3cnc(N4CCN(C)CC4)s3)n[nH]c2cc1=O. The van der Waals surface area contributed by atoms with E-state index in [1.54, 1.807) is 12.3 Å². The average molecular weight is 441 g/mol. The summed E-state index contributed by atoms with van der Waals surface area (Å²) in [6, 6.07) is 5.71. The molecule has 1 N–H and O–H groups in total. The lowest BCUT2D eigenvalue weighted by Crippen LogP contribution is -2.44. The Hall–Kier alpha value is -3.31. The van der Waals surface area contributed by atoms with Crippen molar-refractivity contribution in [3.63, 3.8) is 0 Å². The highest BCUT2D eigenvalue weighted by Gasteiger charge is 2.21. The Labute approximate surface area is 180 Å². The van der Waals surface area contributed by atoms with Gasteiger partial charge in [0.2, 0.25) is 0 Å². The van der Waals surface area contributed by atoms with E-state index in [0.29, 0.717) is 16.7 Å². The van der Waals surface area contributed by atoms with Crippen LogP contribution in [0.1, 0.15) is 0 Å². The molecule has 31 heavy (non-hydrogen) atoms. The van der Waals surface area contributed by atoms with Crippen molar-refractivity contribution in [2.75, 3.05) is 45.2 Å². The Kier molecular flexibility index (Phi) is 4.91. The van der Waals surface area contributed by atoms with Crippen molar-refractivity contribution >= 4 is 27.5 Å². The van der Waals surface area contributed by atoms with Crippen molar-refractivity contribution in [1.29, 1.82) is 0 Å². The quantitative estimate of drug-likeness (QED) is 0.519. The molecule has 4 heterocycles. The van der Waals surface area contributed by atoms with Gasteiger partial charge in [0.05, 0.1) is 17.5 Å². The number of rotatable bonds is 4. The molecular weight excluding hydrogens is 421 g/mol. The van der Waals surface area contributed by atoms with Gasteiger partial charge in [-0.05, 0) is 19.2 Å². The molecule has 0 amide bonds. The smallest absolute Gasteiger partial charge is 0.273 e. The van der Waals surface area contributed by atoms with E-state index in [1.165, 1.54) is 36.6 Å². The zero-order chi connectivity index (χ0) is 21.5. The number of benzene rings is 1. The van der Waals surface area contributed by atoms with Gasteiger partial charge in [0.25, 0.3) is 5.56 Å². The van der Waals surface area contributed by atoms with Crippen LogP contribution in [0.3, 0.4) is 0 Å². The molecule has 11 heteroatoms. The minimum atomic E-state index is -0.603. The van der Waals surface area contributed by atoms with E-state index in [-0.39, 0.29) is 11.4 Å². The summed E-state index contributed by atoms with van der Waals surface area (Å²) in [6.45, 7) is 3.79. The first-order chi connectivity index (χ1) is 15.0. The summed E-state index contributed by atoms with van der Waals surface area (Å²) in [7, 11) is 3.53. The molecule has 0 atom stereocenters. The summed E-state index contributed by atoms with van der Waals surface area (Å²) in [4.78, 5) is 22.6. The van der Waals surface area contributed by atoms with Crippen LogP contribution in [0.5, 0.6) is 5.75 Å². The van der Waals surface area contributed by atoms with E-state index < -0.39 is 11.4 Å². The number of aromatic nitrogens is 5. The third-order valence-electron chi connectivity index (χ3n) is 5.33. The Morgan fingerprint density at radius 1 is 1.23 bits per heavy atom. The van der Waals surface area contributed by atoms with Gasteiger partial charge >= 0.3 is 0 Å². The van der Waals surface area contributed by atoms with E-state index >= 15 is 0 Å². The Bertz CT molecular complexity index is 1310. The minimum absolute atomic E-state index is 0.0357. The van der Waals surface area contributed by atoms with Gasteiger partial charge in [-0.15, -0.1) is 0 Å². The molecule has 1 fully saturated rings. The number of aromatic amines is 1. The van der Waals surface area contributed by atoms with Crippen molar-refractivity contribution < 1.29 is 9.13 Å². The van der Waals surface area contributed by atoms with Crippen LogP contribution in [0.25, 0.3) is 27.3 Å². The molecule has 1 aromatic carbocycles. The fraction of sp³-hybridized carbons (Fsp3) is 0.300. The van der Waals surface area contributed by atoms with E-state index in [4.69, 9.17) is 4.74 Å². The maximum atomic E-state index is 14.6. The van der Waals surface area contributed by atoms with Crippen LogP contribution in [0.2, 0.25) is 0 Å². The number of methoxy groups -OCH3 is 1. The predicted molar refractivity (Wildman–Crippen MR) is 117 cm³/mol. The molecule has 9 nitrogen and oxygen atoms in total. The molecule has 1 aliphatic rings. The summed E-state index contributed by atoms with van der Waals surface area (Å²) >= 11 is 1.52. The first-order valence-electron chi connectivity index (χ1n) is 9.76. The highest BCUT2D eigenvalue weighted by molar-refractivity contribution is 7.19. The number of hydrogen-bond acceptors (Lipinski definition) is 8. The molecule has 0 aliphatic carbocycles. The van der Waals surface area contributed by atoms with Crippen molar-refractivity contribution in [2.24, 2.45) is 0 Å². The number of H-pyrrole nitrogens is 1. The third-order valence-corrected chi connectivity index (χ3v) is 6.39. The predicted octanol–water partition coefficient (Wildman–Crippen LogP) is 2.13. The first-order valence-corrected chi connectivity index (χ1v) is 10.6. The van der Waals surface area contributed by atoms with Crippen LogP contribution < -0.4 is 15.2 Å². The number of nitrogens with one attached hydrogen (secondary N) is 1. The minimum Gasteiger partial charge on any atom is -0.494 e. The van der Waals surface area contributed by atoms with Crippen molar-refractivity contribution in [1.82, 2.24) is 29.9 Å². The van der Waals surface area contributed by atoms with Gasteiger partial charge in [0, 0.05) is 38.4 Å². The molecule has 1 aliphatic heterocycles. The van der Waals surface area contributed by atoms with Gasteiger partial charge in [-0.3, -0.25) is 9.89 Å². The second-order valence-corrected chi connectivity index (χ2v) is 8.33. The fourth-order valence-electron chi connectivity index (χ4n) is 3.60. The molecule has 0 unspecified atom stereocenters. The number of likely N-dealkylation sites (N-methyl/N-ethyl adjacent to an activating group) is 1. The molecule has 0 radical (unpaired) electrons. The van der Waals surface area contributed by atoms with Gasteiger partial charge in [-0.25, -0.2) is 9.37 Å². The van der Waals surface area contributed by atoms with Gasteiger partial charge in [-0.2, -0.15) is 14.9 Å². The Morgan fingerprint density at radius 3 is 2.81 bits per heavy atom. The Balaban J connectivity index is 1.58. The van der Waals surface area contributed by atoms with Crippen LogP contribution in [-0.2, 0) is 0 Å². The highest BCUT2D eigenvalue weighted by atomic mass is 32.1. The van der Waals surface area contributed by atoms with E-state index in [9.17, 15) is 9.18 Å². The molecule has 0 saturated carbocycles. The number of hydrogen-bond donors (Lipinski definition) is 1. The number of piperazine rings is 1. The number of nitrogens with zero attached hydrogens (tertiary/aromatic N) is 6. The molecular formula is C20H20FN7O2S. The lowest BCUT2D eigenvalue weighted by molar-refractivity contribution is 0.313. The molecule has 1 saturated heterocycles. The zero-order valence-electron chi connectivity index (χ0n) is 17.0. The molecule has 0 spiro atoms. The summed E-state index contributed by atoms with van der Waals surface area (Å²) in [6.07, 6.45) is 1.76. The van der Waals surface area contributed by atoms with Gasteiger partial charge in [-0.1, -0.05) is 17.4 Å². The average Bonchev–Trinajstić information content (AvgIpc) is 3.40. The van der Waals surface area contributed by atoms with E-state index in [0.717, 1.165) is 40.9 Å². The number of ether oxygens (including phenoxy) is 1. The normalized spacial score (nSPS) is 15.0. The maximum Gasteiger partial charge on any atom is 0.273 e. The molecule has 4 aromatic rings. The standard InChI is InChI=1S/C20H20FN7O2S/c1-26-6-8-27(9-7-26)20-22-11-15(31-20)18-17-13(23-24-18)10-16(29)28(25-17)19-12(21)4-3-5-14(19)30-2/h3-5,10-11,23H,6-9H2,1-2H3. The van der Waals surface area contributed by atoms with Crippen LogP contribution in [-0.4, -0.2) is 70.2 Å². The lowest BCUT2D eigenvalue weighted by atomic mass is 10.2. The second kappa shape index (κ2) is 7.75. The molecule has 160 valence electrons. The molecule has 3 aromatic heterocycles. The summed E-state index contributed by atoms with van der Waals surface area (Å²) in [5.74, 6) is -0.386. The number of fused-ring (bicyclic) bond motifs is 1. The Morgan fingerprint density at radius 2 is 2.03 bits per heavy atom. The van der Waals surface area contributed by atoms with E-state index in [2.05, 4.69) is 37.1 Å². The first kappa shape index (κ1) is 19.6. The highest BCUT2D eigenvalue weighted by Crippen LogP contribution is 2.33. The zero-order valence-corrected chi connectivity index (χ0v) is 17.8. The summed E-state index contributed by atoms with van der Waals surface area (Å²) < 4.78 is 20.8. The largest absolute Gasteiger partial charge is 0.494 e. The van der Waals surface area contributed by atoms with E-state index in [1.807, 2.05) is 0 Å². The number of thiazole rings is 1. The van der Waals surface area contributed by atoms with Crippen LogP contribution in [0.15, 0.2) is 35.3 Å². The fourth-order valence-corrected chi connectivity index (χ4v) is 4.56. The van der Waals surface area contributed by atoms with Crippen molar-refractivity contribution in [3.8, 4) is 22.0 Å². The number of halogens is 1. The van der Waals surface area contributed by atoms with Gasteiger partial charge in [0.1, 0.15) is 22.6 Å². The molecule has 5 rings (SSSR count).